The van der Waals surface area contributed by atoms with Crippen LogP contribution in [0.2, 0.25) is 0 Å². The molecule has 0 spiro atoms. The second-order valence-electron chi connectivity index (χ2n) is 4.73. The third-order valence-electron chi connectivity index (χ3n) is 3.29. The van der Waals surface area contributed by atoms with E-state index in [-0.39, 0.29) is 6.04 Å². The first-order valence-electron chi connectivity index (χ1n) is 6.52. The number of nitrogens with one attached hydrogen (secondary N) is 2. The van der Waals surface area contributed by atoms with Crippen LogP contribution in [0.25, 0.3) is 0 Å². The van der Waals surface area contributed by atoms with Gasteiger partial charge in [0.25, 0.3) is 0 Å². The monoisotopic (exact) mass is 243 g/mol. The summed E-state index contributed by atoms with van der Waals surface area (Å²) in [7, 11) is 0. The molecule has 1 aromatic carbocycles. The van der Waals surface area contributed by atoms with Crippen LogP contribution in [0.1, 0.15) is 49.3 Å². The maximum Gasteiger partial charge on any atom is 0.123 e. The van der Waals surface area contributed by atoms with E-state index in [2.05, 4.69) is 60.3 Å². The van der Waals surface area contributed by atoms with Crippen LogP contribution >= 0.6 is 0 Å². The molecule has 0 aliphatic carbocycles. The van der Waals surface area contributed by atoms with E-state index in [4.69, 9.17) is 0 Å². The molecule has 0 aliphatic rings. The Morgan fingerprint density at radius 2 is 2.00 bits per heavy atom. The third kappa shape index (κ3) is 2.99. The molecule has 0 bridgehead atoms. The first-order chi connectivity index (χ1) is 8.70. The number of nitrogens with zero attached hydrogens (tertiary/aromatic N) is 1. The van der Waals surface area contributed by atoms with E-state index in [1.807, 2.05) is 6.20 Å². The first kappa shape index (κ1) is 12.8. The van der Waals surface area contributed by atoms with Crippen LogP contribution in [-0.2, 0) is 0 Å². The molecule has 0 amide bonds. The molecule has 2 rings (SSSR count). The van der Waals surface area contributed by atoms with Crippen LogP contribution in [0, 0.1) is 6.92 Å². The fourth-order valence-corrected chi connectivity index (χ4v) is 2.11. The largest absolute Gasteiger partial charge is 0.347 e. The molecule has 3 heteroatoms. The van der Waals surface area contributed by atoms with Crippen LogP contribution in [0.5, 0.6) is 0 Å². The van der Waals surface area contributed by atoms with Gasteiger partial charge >= 0.3 is 0 Å². The molecule has 3 nitrogen and oxygen atoms in total. The lowest BCUT2D eigenvalue weighted by Crippen LogP contribution is -2.25. The molecule has 2 unspecified atom stereocenters. The summed E-state index contributed by atoms with van der Waals surface area (Å²) in [6, 6.07) is 9.27. The second-order valence-corrected chi connectivity index (χ2v) is 4.73. The number of H-pyrrole nitrogens is 1. The fourth-order valence-electron chi connectivity index (χ4n) is 2.11. The summed E-state index contributed by atoms with van der Waals surface area (Å²) >= 11 is 0. The molecule has 0 aliphatic heterocycles. The van der Waals surface area contributed by atoms with E-state index in [1.54, 1.807) is 6.20 Å². The number of rotatable bonds is 5. The van der Waals surface area contributed by atoms with E-state index in [0.717, 1.165) is 12.2 Å². The topological polar surface area (TPSA) is 40.7 Å². The zero-order chi connectivity index (χ0) is 13.0. The van der Waals surface area contributed by atoms with Crippen LogP contribution < -0.4 is 5.32 Å². The van der Waals surface area contributed by atoms with Crippen molar-refractivity contribution >= 4 is 0 Å². The Morgan fingerprint density at radius 1 is 1.28 bits per heavy atom. The predicted molar refractivity (Wildman–Crippen MR) is 74.3 cm³/mol. The Kier molecular flexibility index (Phi) is 4.15. The number of benzene rings is 1. The van der Waals surface area contributed by atoms with Crippen molar-refractivity contribution in [2.24, 2.45) is 0 Å². The molecule has 2 N–H and O–H groups in total. The minimum atomic E-state index is 0.274. The lowest BCUT2D eigenvalue weighted by Gasteiger charge is -2.21. The Bertz CT molecular complexity index is 459. The predicted octanol–water partition coefficient (Wildman–Crippen LogP) is 3.52. The van der Waals surface area contributed by atoms with Crippen molar-refractivity contribution in [2.45, 2.75) is 39.3 Å². The molecule has 0 radical (unpaired) electrons. The molecule has 18 heavy (non-hydrogen) atoms. The number of imidazole rings is 1. The van der Waals surface area contributed by atoms with Gasteiger partial charge in [-0.3, -0.25) is 0 Å². The van der Waals surface area contributed by atoms with Gasteiger partial charge in [0.2, 0.25) is 0 Å². The van der Waals surface area contributed by atoms with E-state index in [0.29, 0.717) is 6.04 Å². The first-order valence-corrected chi connectivity index (χ1v) is 6.52. The minimum absolute atomic E-state index is 0.274. The summed E-state index contributed by atoms with van der Waals surface area (Å²) in [6.45, 7) is 6.47. The van der Waals surface area contributed by atoms with Crippen molar-refractivity contribution in [1.29, 1.82) is 0 Å². The summed E-state index contributed by atoms with van der Waals surface area (Å²) in [5, 5.41) is 3.61. The maximum absolute atomic E-state index is 4.33. The van der Waals surface area contributed by atoms with Crippen molar-refractivity contribution in [3.8, 4) is 0 Å². The standard InChI is InChI=1S/C15H21N3/c1-4-14(15-16-9-10-17-15)18-12(3)13-7-5-11(2)6-8-13/h5-10,12,14,18H,4H2,1-3H3,(H,16,17). The van der Waals surface area contributed by atoms with Gasteiger partial charge in [-0.05, 0) is 25.8 Å². The molecule has 0 fully saturated rings. The van der Waals surface area contributed by atoms with Crippen molar-refractivity contribution in [1.82, 2.24) is 15.3 Å². The highest BCUT2D eigenvalue weighted by molar-refractivity contribution is 5.23. The van der Waals surface area contributed by atoms with Crippen LogP contribution in [0.15, 0.2) is 36.7 Å². The van der Waals surface area contributed by atoms with Gasteiger partial charge in [-0.25, -0.2) is 4.98 Å². The highest BCUT2D eigenvalue weighted by Gasteiger charge is 2.15. The second kappa shape index (κ2) is 5.83. The number of aromatic amines is 1. The molecule has 0 saturated heterocycles. The Morgan fingerprint density at radius 3 is 2.56 bits per heavy atom. The van der Waals surface area contributed by atoms with Crippen molar-refractivity contribution < 1.29 is 0 Å². The molecule has 2 atom stereocenters. The quantitative estimate of drug-likeness (QED) is 0.843. The van der Waals surface area contributed by atoms with Crippen LogP contribution in [0.4, 0.5) is 0 Å². The lowest BCUT2D eigenvalue weighted by molar-refractivity contribution is 0.441. The Labute approximate surface area is 109 Å². The van der Waals surface area contributed by atoms with Gasteiger partial charge in [0, 0.05) is 18.4 Å². The SMILES string of the molecule is CCC(NC(C)c1ccc(C)cc1)c1ncc[nH]1. The van der Waals surface area contributed by atoms with Crippen molar-refractivity contribution in [2.75, 3.05) is 0 Å². The average molecular weight is 243 g/mol. The lowest BCUT2D eigenvalue weighted by atomic mass is 10.0. The molecule has 1 aromatic heterocycles. The number of aromatic nitrogens is 2. The van der Waals surface area contributed by atoms with Crippen molar-refractivity contribution in [3.63, 3.8) is 0 Å². The van der Waals surface area contributed by atoms with Crippen LogP contribution in [-0.4, -0.2) is 9.97 Å². The van der Waals surface area contributed by atoms with Gasteiger partial charge in [-0.15, -0.1) is 0 Å². The number of hydrogen-bond acceptors (Lipinski definition) is 2. The third-order valence-corrected chi connectivity index (χ3v) is 3.29. The van der Waals surface area contributed by atoms with Crippen LogP contribution in [0.3, 0.4) is 0 Å². The number of aryl methyl sites for hydroxylation is 1. The van der Waals surface area contributed by atoms with Gasteiger partial charge in [-0.2, -0.15) is 0 Å². The van der Waals surface area contributed by atoms with Gasteiger partial charge in [0.1, 0.15) is 5.82 Å². The van der Waals surface area contributed by atoms with Gasteiger partial charge in [0.05, 0.1) is 6.04 Å². The summed E-state index contributed by atoms with van der Waals surface area (Å²) in [6.07, 6.45) is 4.69. The average Bonchev–Trinajstić information content (AvgIpc) is 2.90. The molecular formula is C15H21N3. The maximum atomic E-state index is 4.33. The summed E-state index contributed by atoms with van der Waals surface area (Å²) in [5.74, 6) is 1.01. The van der Waals surface area contributed by atoms with E-state index < -0.39 is 0 Å². The van der Waals surface area contributed by atoms with E-state index in [9.17, 15) is 0 Å². The molecule has 96 valence electrons. The van der Waals surface area contributed by atoms with Gasteiger partial charge in [0.15, 0.2) is 0 Å². The fraction of sp³-hybridized carbons (Fsp3) is 0.400. The Balaban J connectivity index is 2.05. The smallest absolute Gasteiger partial charge is 0.123 e. The van der Waals surface area contributed by atoms with E-state index in [1.165, 1.54) is 11.1 Å². The molecule has 2 aromatic rings. The highest BCUT2D eigenvalue weighted by Crippen LogP contribution is 2.20. The molecule has 0 saturated carbocycles. The van der Waals surface area contributed by atoms with E-state index >= 15 is 0 Å². The summed E-state index contributed by atoms with van der Waals surface area (Å²) in [5.41, 5.74) is 2.61. The summed E-state index contributed by atoms with van der Waals surface area (Å²) < 4.78 is 0. The molecular weight excluding hydrogens is 222 g/mol. The zero-order valence-corrected chi connectivity index (χ0v) is 11.3. The molecule has 1 heterocycles. The van der Waals surface area contributed by atoms with Crippen molar-refractivity contribution in [3.05, 3.63) is 53.6 Å². The highest BCUT2D eigenvalue weighted by atomic mass is 15.0. The minimum Gasteiger partial charge on any atom is -0.347 e. The zero-order valence-electron chi connectivity index (χ0n) is 11.3. The Hall–Kier alpha value is -1.61. The normalized spacial score (nSPS) is 14.4. The number of hydrogen-bond donors (Lipinski definition) is 2. The van der Waals surface area contributed by atoms with Gasteiger partial charge < -0.3 is 10.3 Å². The van der Waals surface area contributed by atoms with Gasteiger partial charge in [-0.1, -0.05) is 36.8 Å². The summed E-state index contributed by atoms with van der Waals surface area (Å²) in [4.78, 5) is 7.51.